The van der Waals surface area contributed by atoms with Gasteiger partial charge in [0.05, 0.1) is 41.1 Å². The Bertz CT molecular complexity index is 4840. The Morgan fingerprint density at radius 3 is 1.62 bits per heavy atom. The summed E-state index contributed by atoms with van der Waals surface area (Å²) in [5, 5.41) is -6.61. The molecule has 0 aliphatic carbocycles. The van der Waals surface area contributed by atoms with Gasteiger partial charge in [0.2, 0.25) is 0 Å². The minimum atomic E-state index is -1.03. The third kappa shape index (κ3) is 4.43. The van der Waals surface area contributed by atoms with Gasteiger partial charge in [-0.1, -0.05) is 163 Å². The van der Waals surface area contributed by atoms with E-state index >= 15 is 0 Å². The molecule has 0 unspecified atom stereocenters. The highest BCUT2D eigenvalue weighted by molar-refractivity contribution is 6.23. The van der Waals surface area contributed by atoms with E-state index in [-0.39, 0.29) is 0 Å². The third-order valence-electron chi connectivity index (χ3n) is 8.81. The van der Waals surface area contributed by atoms with E-state index in [4.69, 9.17) is 30.5 Å². The van der Waals surface area contributed by atoms with Crippen LogP contribution in [0.25, 0.3) is 98.1 Å². The van der Waals surface area contributed by atoms with Crippen LogP contribution in [0.3, 0.4) is 0 Å². The summed E-state index contributed by atoms with van der Waals surface area (Å²) in [5.74, 6) is 0. The summed E-state index contributed by atoms with van der Waals surface area (Å²) in [7, 11) is 0. The van der Waals surface area contributed by atoms with Crippen LogP contribution in [0.2, 0.25) is 0 Å². The molecular formula is C51H32O. The normalized spacial score (nSPS) is 20.0. The molecular weight excluding hydrogens is 629 g/mol. The molecule has 0 amide bonds. The lowest BCUT2D eigenvalue weighted by Gasteiger charge is -2.18. The van der Waals surface area contributed by atoms with E-state index in [0.717, 1.165) is 0 Å². The number of furan rings is 1. The number of hydrogen-bond acceptors (Lipinski definition) is 1. The molecule has 52 heavy (non-hydrogen) atoms. The first-order valence-corrected chi connectivity index (χ1v) is 15.6. The van der Waals surface area contributed by atoms with Gasteiger partial charge in [0.1, 0.15) is 11.2 Å². The summed E-state index contributed by atoms with van der Waals surface area (Å²) in [6.45, 7) is 0. The maximum absolute atomic E-state index is 9.93. The standard InChI is InChI=1S/C51H32O/c1-3-13-38-33(10-1)24-27-39-36(12-9-19-41(38)39)30-32-20-22-35(23-21-32)49-42-15-5-7-17-44(42)50(45-18-8-6-16-43(45)49)37-26-28-47-46(31-37)51-40-14-4-2-11-34(40)25-29-48(51)52-47/h1-29,31H,30H2/i1D,2D,3D,4D,5D,6D,7D,8D,9D,10D,11D,12D,13D,14D,15D,16D,17D,18D,19D,20D,21D,22D,23D,24D,25D,26D,27D,28D,29D,31D. The monoisotopic (exact) mass is 690 g/mol. The maximum atomic E-state index is 9.93. The van der Waals surface area contributed by atoms with Gasteiger partial charge in [-0.25, -0.2) is 0 Å². The van der Waals surface area contributed by atoms with Crippen molar-refractivity contribution < 1.29 is 45.5 Å². The Labute approximate surface area is 343 Å². The second-order valence-corrected chi connectivity index (χ2v) is 11.6. The van der Waals surface area contributed by atoms with Gasteiger partial charge in [-0.2, -0.15) is 0 Å². The van der Waals surface area contributed by atoms with Crippen LogP contribution < -0.4 is 0 Å². The van der Waals surface area contributed by atoms with E-state index in [1.807, 2.05) is 0 Å². The van der Waals surface area contributed by atoms with E-state index in [0.29, 0.717) is 0 Å². The minimum Gasteiger partial charge on any atom is -0.456 e. The predicted molar refractivity (Wildman–Crippen MR) is 221 cm³/mol. The summed E-state index contributed by atoms with van der Waals surface area (Å²) in [6.07, 6.45) is -0.878. The van der Waals surface area contributed by atoms with Crippen LogP contribution in [0.5, 0.6) is 0 Å². The van der Waals surface area contributed by atoms with Crippen molar-refractivity contribution in [2.75, 3.05) is 0 Å². The van der Waals surface area contributed by atoms with Crippen LogP contribution >= 0.6 is 0 Å². The Balaban J connectivity index is 1.30. The highest BCUT2D eigenvalue weighted by atomic mass is 16.3. The van der Waals surface area contributed by atoms with Crippen LogP contribution in [0.1, 0.15) is 52.2 Å². The molecule has 1 nitrogen and oxygen atoms in total. The van der Waals surface area contributed by atoms with Crippen molar-refractivity contribution in [2.45, 2.75) is 6.42 Å². The van der Waals surface area contributed by atoms with Crippen LogP contribution in [-0.4, -0.2) is 0 Å². The third-order valence-corrected chi connectivity index (χ3v) is 8.81. The second-order valence-electron chi connectivity index (χ2n) is 11.6. The molecule has 0 aliphatic heterocycles. The maximum Gasteiger partial charge on any atom is 0.136 e. The van der Waals surface area contributed by atoms with E-state index in [1.165, 1.54) is 0 Å². The molecule has 1 aromatic heterocycles. The average Bonchev–Trinajstić information content (AvgIpc) is 1.14. The van der Waals surface area contributed by atoms with Crippen molar-refractivity contribution in [3.63, 3.8) is 0 Å². The molecule has 1 heteroatoms. The number of hydrogen-bond donors (Lipinski definition) is 0. The average molecular weight is 691 g/mol. The van der Waals surface area contributed by atoms with E-state index in [9.17, 15) is 15.1 Å². The molecule has 0 bridgehead atoms. The van der Waals surface area contributed by atoms with Crippen LogP contribution in [0.15, 0.2) is 186 Å². The van der Waals surface area contributed by atoms with Crippen LogP contribution in [0, 0.1) is 0 Å². The molecule has 0 N–H and O–H groups in total. The first kappa shape index (κ1) is 12.2. The van der Waals surface area contributed by atoms with Gasteiger partial charge in [-0.15, -0.1) is 0 Å². The molecule has 0 fully saturated rings. The topological polar surface area (TPSA) is 13.1 Å². The zero-order valence-electron chi connectivity index (χ0n) is 56.1. The summed E-state index contributed by atoms with van der Waals surface area (Å²) >= 11 is 0. The van der Waals surface area contributed by atoms with Crippen LogP contribution in [-0.2, 0) is 6.42 Å². The van der Waals surface area contributed by atoms with Crippen molar-refractivity contribution >= 4 is 75.8 Å². The molecule has 0 spiro atoms. The molecule has 0 radical (unpaired) electrons. The molecule has 0 atom stereocenters. The molecule has 0 saturated carbocycles. The number of fused-ring (bicyclic) bond motifs is 10. The SMILES string of the molecule is [2H]c1c([2H])c(-c2c3c([2H])c([2H])c([2H])c([2H])c3c(-c3c([2H])c([2H])c4oc5c([2H])c([2H])c6c([2H])c([2H])c([2H])c([2H])c6c5c4c3[2H])c3c([2H])c([2H])c([2H])c([2H])c23)c([2H])c([2H])c1Cc1c([2H])c([2H])c([2H])c2c1c([2H])c([2H])c1c([2H])c([2H])c([2H])c([2H])c12. The van der Waals surface area contributed by atoms with Crippen molar-refractivity contribution in [3.8, 4) is 22.3 Å². The molecule has 11 rings (SSSR count). The smallest absolute Gasteiger partial charge is 0.136 e. The van der Waals surface area contributed by atoms with Gasteiger partial charge >= 0.3 is 0 Å². The zero-order valence-corrected chi connectivity index (χ0v) is 26.1. The molecule has 1 heterocycles. The number of benzene rings is 10. The lowest BCUT2D eigenvalue weighted by molar-refractivity contribution is 0.669. The second kappa shape index (κ2) is 11.4. The highest BCUT2D eigenvalue weighted by Gasteiger charge is 2.18. The first-order valence-electron chi connectivity index (χ1n) is 30.6. The van der Waals surface area contributed by atoms with E-state index in [2.05, 4.69) is 0 Å². The van der Waals surface area contributed by atoms with Gasteiger partial charge in [0.15, 0.2) is 0 Å². The molecule has 0 aliphatic rings. The van der Waals surface area contributed by atoms with Gasteiger partial charge in [-0.05, 0) is 112 Å². The van der Waals surface area contributed by atoms with Crippen molar-refractivity contribution in [1.29, 1.82) is 0 Å². The largest absolute Gasteiger partial charge is 0.456 e. The van der Waals surface area contributed by atoms with E-state index < -0.39 is 297 Å². The van der Waals surface area contributed by atoms with Gasteiger partial charge < -0.3 is 4.42 Å². The Hall–Kier alpha value is -6.70. The fourth-order valence-electron chi connectivity index (χ4n) is 6.55. The fourth-order valence-corrected chi connectivity index (χ4v) is 6.55. The molecule has 11 aromatic rings. The fraction of sp³-hybridized carbons (Fsp3) is 0.0196. The predicted octanol–water partition coefficient (Wildman–Crippen LogP) is 14.3. The summed E-state index contributed by atoms with van der Waals surface area (Å²) in [4.78, 5) is 0. The Morgan fingerprint density at radius 1 is 0.365 bits per heavy atom. The van der Waals surface area contributed by atoms with Gasteiger partial charge in [0.25, 0.3) is 0 Å². The lowest BCUT2D eigenvalue weighted by atomic mass is 9.85. The lowest BCUT2D eigenvalue weighted by Crippen LogP contribution is -1.93. The summed E-state index contributed by atoms with van der Waals surface area (Å²) in [6, 6.07) is -26.3. The first-order chi connectivity index (χ1) is 38.3. The minimum absolute atomic E-state index is 0.407. The zero-order chi connectivity index (χ0) is 60.3. The van der Waals surface area contributed by atoms with Gasteiger partial charge in [0, 0.05) is 10.8 Å². The molecule has 0 saturated heterocycles. The van der Waals surface area contributed by atoms with Crippen molar-refractivity contribution in [2.24, 2.45) is 0 Å². The summed E-state index contributed by atoms with van der Waals surface area (Å²) in [5.41, 5.74) is -5.25. The van der Waals surface area contributed by atoms with Crippen LogP contribution in [0.4, 0.5) is 0 Å². The molecule has 242 valence electrons. The Kier molecular flexibility index (Phi) is 2.68. The van der Waals surface area contributed by atoms with Gasteiger partial charge in [-0.3, -0.25) is 0 Å². The summed E-state index contributed by atoms with van der Waals surface area (Å²) < 4.78 is 277. The van der Waals surface area contributed by atoms with Crippen molar-refractivity contribution in [3.05, 3.63) is 192 Å². The number of rotatable bonds is 4. The van der Waals surface area contributed by atoms with Crippen molar-refractivity contribution in [1.82, 2.24) is 0 Å². The molecule has 10 aromatic carbocycles. The Morgan fingerprint density at radius 2 is 0.904 bits per heavy atom. The quantitative estimate of drug-likeness (QED) is 0.132. The van der Waals surface area contributed by atoms with E-state index in [1.54, 1.807) is 0 Å². The highest BCUT2D eigenvalue weighted by Crippen LogP contribution is 2.45.